The van der Waals surface area contributed by atoms with Crippen molar-refractivity contribution >= 4 is 13.5 Å². The van der Waals surface area contributed by atoms with Crippen LogP contribution in [0.5, 0.6) is 0 Å². The first-order valence-corrected chi connectivity index (χ1v) is 15.0. The number of benzene rings is 2. The SMILES string of the molecule is CCCCOP(=O)(C/C=C/CC1c2cc(F)ccc2-c2ccc(F)c(C(=O)NCCC)c21)OCCCC. The molecule has 37 heavy (non-hydrogen) atoms. The minimum absolute atomic E-state index is 0.00238. The Labute approximate surface area is 219 Å². The minimum Gasteiger partial charge on any atom is -0.352 e. The van der Waals surface area contributed by atoms with Crippen molar-refractivity contribution in [1.82, 2.24) is 5.32 Å². The number of fused-ring (bicyclic) bond motifs is 3. The Morgan fingerprint density at radius 3 is 2.30 bits per heavy atom. The Kier molecular flexibility index (Phi) is 11.0. The van der Waals surface area contributed by atoms with E-state index in [0.29, 0.717) is 37.3 Å². The summed E-state index contributed by atoms with van der Waals surface area (Å²) in [7, 11) is -3.30. The molecule has 2 aromatic carbocycles. The Morgan fingerprint density at radius 1 is 0.973 bits per heavy atom. The molecule has 3 rings (SSSR count). The van der Waals surface area contributed by atoms with E-state index in [1.165, 1.54) is 18.2 Å². The fraction of sp³-hybridized carbons (Fsp3) is 0.483. The van der Waals surface area contributed by atoms with E-state index >= 15 is 4.39 Å². The topological polar surface area (TPSA) is 64.6 Å². The largest absolute Gasteiger partial charge is 0.352 e. The van der Waals surface area contributed by atoms with Crippen LogP contribution in [0.25, 0.3) is 11.1 Å². The van der Waals surface area contributed by atoms with Crippen LogP contribution in [-0.4, -0.2) is 31.8 Å². The maximum absolute atomic E-state index is 15.0. The number of unbranched alkanes of at least 4 members (excludes halogenated alkanes) is 2. The molecule has 2 aromatic rings. The lowest BCUT2D eigenvalue weighted by Gasteiger charge is -2.18. The lowest BCUT2D eigenvalue weighted by molar-refractivity contribution is 0.0948. The molecule has 1 aliphatic carbocycles. The highest BCUT2D eigenvalue weighted by Crippen LogP contribution is 2.50. The zero-order valence-corrected chi connectivity index (χ0v) is 22.9. The second kappa shape index (κ2) is 14.0. The second-order valence-electron chi connectivity index (χ2n) is 9.30. The molecule has 0 heterocycles. The molecule has 0 saturated carbocycles. The standard InChI is InChI=1S/C29H38F2NO4P/c1-4-7-17-35-37(34,36-18-8-5-2)19-10-9-11-23-25-20-21(30)12-13-22(25)24-14-15-26(31)28(27(23)24)29(33)32-16-6-3/h9-10,12-15,20,23H,4-8,11,16-19H2,1-3H3,(H,32,33)/b10-9+. The zero-order valence-electron chi connectivity index (χ0n) is 22.0. The van der Waals surface area contributed by atoms with E-state index in [4.69, 9.17) is 9.05 Å². The number of rotatable bonds is 15. The maximum Gasteiger partial charge on any atom is 0.334 e. The van der Waals surface area contributed by atoms with Crippen LogP contribution in [0.1, 0.15) is 86.7 Å². The van der Waals surface area contributed by atoms with Gasteiger partial charge in [-0.2, -0.15) is 0 Å². The molecule has 0 spiro atoms. The lowest BCUT2D eigenvalue weighted by atomic mass is 9.89. The molecule has 0 aliphatic heterocycles. The average molecular weight is 534 g/mol. The minimum atomic E-state index is -3.30. The third kappa shape index (κ3) is 7.37. The fourth-order valence-corrected chi connectivity index (χ4v) is 6.00. The van der Waals surface area contributed by atoms with Gasteiger partial charge < -0.3 is 14.4 Å². The number of allylic oxidation sites excluding steroid dienone is 2. The molecule has 8 heteroatoms. The van der Waals surface area contributed by atoms with Crippen LogP contribution < -0.4 is 5.32 Å². The summed E-state index contributed by atoms with van der Waals surface area (Å²) in [6.07, 6.45) is 8.24. The van der Waals surface area contributed by atoms with Gasteiger partial charge in [-0.25, -0.2) is 8.78 Å². The molecule has 1 aliphatic rings. The van der Waals surface area contributed by atoms with Gasteiger partial charge in [0.15, 0.2) is 0 Å². The molecular formula is C29H38F2NO4P. The number of carbonyl (C=O) groups is 1. The molecule has 0 fully saturated rings. The van der Waals surface area contributed by atoms with Gasteiger partial charge in [-0.3, -0.25) is 9.36 Å². The molecule has 0 aromatic heterocycles. The zero-order chi connectivity index (χ0) is 26.8. The predicted octanol–water partition coefficient (Wildman–Crippen LogP) is 7.99. The van der Waals surface area contributed by atoms with Crippen LogP contribution >= 0.6 is 7.60 Å². The van der Waals surface area contributed by atoms with Crippen molar-refractivity contribution in [2.45, 2.75) is 65.2 Å². The number of carbonyl (C=O) groups excluding carboxylic acids is 1. The average Bonchev–Trinajstić information content (AvgIpc) is 3.18. The van der Waals surface area contributed by atoms with Crippen LogP contribution in [-0.2, 0) is 13.6 Å². The Balaban J connectivity index is 1.88. The Morgan fingerprint density at radius 2 is 1.65 bits per heavy atom. The van der Waals surface area contributed by atoms with Crippen molar-refractivity contribution < 1.29 is 27.2 Å². The lowest BCUT2D eigenvalue weighted by Crippen LogP contribution is -2.26. The summed E-state index contributed by atoms with van der Waals surface area (Å²) in [4.78, 5) is 12.9. The smallest absolute Gasteiger partial charge is 0.334 e. The molecule has 1 amide bonds. The summed E-state index contributed by atoms with van der Waals surface area (Å²) in [6.45, 7) is 7.16. The van der Waals surface area contributed by atoms with E-state index in [-0.39, 0.29) is 11.7 Å². The molecular weight excluding hydrogens is 495 g/mol. The van der Waals surface area contributed by atoms with Crippen LogP contribution in [0, 0.1) is 11.6 Å². The number of halogens is 2. The van der Waals surface area contributed by atoms with Crippen molar-refractivity contribution in [2.24, 2.45) is 0 Å². The Hall–Kier alpha value is -2.34. The predicted molar refractivity (Wildman–Crippen MR) is 144 cm³/mol. The highest BCUT2D eigenvalue weighted by Gasteiger charge is 2.34. The normalized spacial score (nSPS) is 14.7. The molecule has 1 N–H and O–H groups in total. The number of hydrogen-bond donors (Lipinski definition) is 1. The van der Waals surface area contributed by atoms with Gasteiger partial charge in [0, 0.05) is 12.5 Å². The van der Waals surface area contributed by atoms with Crippen LogP contribution in [0.15, 0.2) is 42.5 Å². The van der Waals surface area contributed by atoms with Crippen LogP contribution in [0.2, 0.25) is 0 Å². The summed E-state index contributed by atoms with van der Waals surface area (Å²) in [5, 5.41) is 2.77. The van der Waals surface area contributed by atoms with Crippen molar-refractivity contribution in [1.29, 1.82) is 0 Å². The van der Waals surface area contributed by atoms with Gasteiger partial charge in [0.25, 0.3) is 5.91 Å². The highest BCUT2D eigenvalue weighted by atomic mass is 31.2. The van der Waals surface area contributed by atoms with Crippen LogP contribution in [0.3, 0.4) is 0 Å². The van der Waals surface area contributed by atoms with Gasteiger partial charge in [-0.15, -0.1) is 0 Å². The van der Waals surface area contributed by atoms with Crippen LogP contribution in [0.4, 0.5) is 8.78 Å². The fourth-order valence-electron chi connectivity index (χ4n) is 4.49. The molecule has 5 nitrogen and oxygen atoms in total. The maximum atomic E-state index is 15.0. The first-order valence-electron chi connectivity index (χ1n) is 13.3. The monoisotopic (exact) mass is 533 g/mol. The third-order valence-corrected chi connectivity index (χ3v) is 8.23. The van der Waals surface area contributed by atoms with Gasteiger partial charge in [0.2, 0.25) is 0 Å². The molecule has 202 valence electrons. The van der Waals surface area contributed by atoms with E-state index < -0.39 is 31.1 Å². The number of amides is 1. The highest BCUT2D eigenvalue weighted by molar-refractivity contribution is 7.54. The summed E-state index contributed by atoms with van der Waals surface area (Å²) >= 11 is 0. The second-order valence-corrected chi connectivity index (χ2v) is 11.4. The number of nitrogens with one attached hydrogen (secondary N) is 1. The summed E-state index contributed by atoms with van der Waals surface area (Å²) < 4.78 is 53.8. The molecule has 1 atom stereocenters. The van der Waals surface area contributed by atoms with Gasteiger partial charge in [-0.1, -0.05) is 57.9 Å². The summed E-state index contributed by atoms with van der Waals surface area (Å²) in [6, 6.07) is 7.45. The summed E-state index contributed by atoms with van der Waals surface area (Å²) in [5.41, 5.74) is 2.78. The van der Waals surface area contributed by atoms with E-state index in [1.807, 2.05) is 26.8 Å². The number of hydrogen-bond acceptors (Lipinski definition) is 4. The van der Waals surface area contributed by atoms with E-state index in [2.05, 4.69) is 5.32 Å². The molecule has 0 bridgehead atoms. The van der Waals surface area contributed by atoms with E-state index in [1.54, 1.807) is 18.2 Å². The third-order valence-electron chi connectivity index (χ3n) is 6.42. The first-order chi connectivity index (χ1) is 17.8. The van der Waals surface area contributed by atoms with Gasteiger partial charge in [0.05, 0.1) is 24.9 Å². The first kappa shape index (κ1) is 29.2. The van der Waals surface area contributed by atoms with Crippen molar-refractivity contribution in [3.05, 3.63) is 70.8 Å². The van der Waals surface area contributed by atoms with Crippen molar-refractivity contribution in [3.8, 4) is 11.1 Å². The quantitative estimate of drug-likeness (QED) is 0.143. The van der Waals surface area contributed by atoms with Gasteiger partial charge in [-0.05, 0) is 66.1 Å². The van der Waals surface area contributed by atoms with E-state index in [0.717, 1.165) is 43.2 Å². The molecule has 1 unspecified atom stereocenters. The summed E-state index contributed by atoms with van der Waals surface area (Å²) in [5.74, 6) is -1.89. The molecule has 0 radical (unpaired) electrons. The van der Waals surface area contributed by atoms with Gasteiger partial charge in [0.1, 0.15) is 11.6 Å². The molecule has 0 saturated heterocycles. The van der Waals surface area contributed by atoms with E-state index in [9.17, 15) is 13.8 Å². The van der Waals surface area contributed by atoms with Crippen molar-refractivity contribution in [3.63, 3.8) is 0 Å². The van der Waals surface area contributed by atoms with Gasteiger partial charge >= 0.3 is 7.60 Å². The van der Waals surface area contributed by atoms with Crippen molar-refractivity contribution in [2.75, 3.05) is 25.9 Å². The Bertz CT molecular complexity index is 1140.